The molecule has 0 bridgehead atoms. The first-order chi connectivity index (χ1) is 9.24. The Kier molecular flexibility index (Phi) is 9.43. The van der Waals surface area contributed by atoms with Crippen LogP contribution in [0.1, 0.15) is 33.1 Å². The zero-order valence-electron chi connectivity index (χ0n) is 12.8. The predicted octanol–water partition coefficient (Wildman–Crippen LogP) is 2.08. The van der Waals surface area contributed by atoms with E-state index in [1.807, 2.05) is 0 Å². The summed E-state index contributed by atoms with van der Waals surface area (Å²) in [4.78, 5) is 0. The summed E-state index contributed by atoms with van der Waals surface area (Å²) in [7, 11) is 1.68. The molecule has 0 amide bonds. The van der Waals surface area contributed by atoms with Crippen LogP contribution in [0.25, 0.3) is 0 Å². The molecule has 1 rings (SSSR count). The van der Waals surface area contributed by atoms with E-state index < -0.39 is 0 Å². The van der Waals surface area contributed by atoms with Gasteiger partial charge in [-0.05, 0) is 37.6 Å². The summed E-state index contributed by atoms with van der Waals surface area (Å²) >= 11 is 0. The lowest BCUT2D eigenvalue weighted by Gasteiger charge is -2.21. The van der Waals surface area contributed by atoms with Gasteiger partial charge in [-0.25, -0.2) is 0 Å². The van der Waals surface area contributed by atoms with Gasteiger partial charge in [-0.3, -0.25) is 0 Å². The van der Waals surface area contributed by atoms with Crippen molar-refractivity contribution >= 4 is 0 Å². The second-order valence-electron chi connectivity index (χ2n) is 5.69. The van der Waals surface area contributed by atoms with E-state index in [0.717, 1.165) is 31.5 Å². The van der Waals surface area contributed by atoms with Gasteiger partial charge in [0.1, 0.15) is 0 Å². The summed E-state index contributed by atoms with van der Waals surface area (Å²) in [6.07, 6.45) is 3.86. The summed E-state index contributed by atoms with van der Waals surface area (Å²) in [5, 5.41) is 3.62. The Morgan fingerprint density at radius 3 is 2.21 bits per heavy atom. The van der Waals surface area contributed by atoms with Crippen LogP contribution in [-0.4, -0.2) is 52.7 Å². The molecule has 1 aliphatic rings. The lowest BCUT2D eigenvalue weighted by atomic mass is 9.93. The Bertz CT molecular complexity index is 208. The van der Waals surface area contributed by atoms with Crippen LogP contribution in [0.15, 0.2) is 0 Å². The van der Waals surface area contributed by atoms with Crippen LogP contribution >= 0.6 is 0 Å². The maximum Gasteiger partial charge on any atom is 0.0701 e. The van der Waals surface area contributed by atoms with E-state index in [-0.39, 0.29) is 0 Å². The summed E-state index contributed by atoms with van der Waals surface area (Å²) in [5.74, 6) is 1.43. The number of methoxy groups -OCH3 is 1. The summed E-state index contributed by atoms with van der Waals surface area (Å²) in [6, 6.07) is 0.802. The molecule has 4 nitrogen and oxygen atoms in total. The lowest BCUT2D eigenvalue weighted by Crippen LogP contribution is -2.28. The molecule has 4 heteroatoms. The fourth-order valence-electron chi connectivity index (χ4n) is 1.98. The maximum absolute atomic E-state index is 5.62. The maximum atomic E-state index is 5.62. The molecule has 19 heavy (non-hydrogen) atoms. The van der Waals surface area contributed by atoms with Crippen molar-refractivity contribution in [3.63, 3.8) is 0 Å². The van der Waals surface area contributed by atoms with Crippen molar-refractivity contribution in [2.45, 2.75) is 39.2 Å². The lowest BCUT2D eigenvalue weighted by molar-refractivity contribution is 0.0206. The average Bonchev–Trinajstić information content (AvgIpc) is 3.19. The van der Waals surface area contributed by atoms with E-state index in [4.69, 9.17) is 14.2 Å². The molecular weight excluding hydrogens is 242 g/mol. The van der Waals surface area contributed by atoms with Crippen molar-refractivity contribution in [3.05, 3.63) is 0 Å². The van der Waals surface area contributed by atoms with E-state index in [1.165, 1.54) is 12.8 Å². The number of nitrogens with one attached hydrogen (secondary N) is 1. The zero-order chi connectivity index (χ0) is 13.9. The van der Waals surface area contributed by atoms with Crippen LogP contribution in [0.5, 0.6) is 0 Å². The highest BCUT2D eigenvalue weighted by Crippen LogP contribution is 2.21. The molecule has 0 aromatic heterocycles. The minimum Gasteiger partial charge on any atom is -0.382 e. The zero-order valence-corrected chi connectivity index (χ0v) is 12.8. The van der Waals surface area contributed by atoms with Crippen molar-refractivity contribution in [3.8, 4) is 0 Å². The van der Waals surface area contributed by atoms with Crippen molar-refractivity contribution in [1.82, 2.24) is 5.32 Å². The molecule has 0 spiro atoms. The third kappa shape index (κ3) is 9.38. The standard InChI is InChI=1S/C15H31NO3/c1-13(2)14(12-16-15-4-5-15)6-7-18-10-11-19-9-8-17-3/h13-16H,4-12H2,1-3H3. The first kappa shape index (κ1) is 16.9. The molecule has 0 aromatic rings. The van der Waals surface area contributed by atoms with Crippen LogP contribution in [0.2, 0.25) is 0 Å². The number of hydrogen-bond donors (Lipinski definition) is 1. The number of rotatable bonds is 13. The van der Waals surface area contributed by atoms with Gasteiger partial charge in [0, 0.05) is 19.8 Å². The van der Waals surface area contributed by atoms with Crippen molar-refractivity contribution in [2.75, 3.05) is 46.7 Å². The molecule has 114 valence electrons. The van der Waals surface area contributed by atoms with Crippen molar-refractivity contribution < 1.29 is 14.2 Å². The van der Waals surface area contributed by atoms with E-state index in [1.54, 1.807) is 7.11 Å². The smallest absolute Gasteiger partial charge is 0.0701 e. The minimum absolute atomic E-state index is 0.653. The Morgan fingerprint density at radius 2 is 1.63 bits per heavy atom. The van der Waals surface area contributed by atoms with Crippen LogP contribution in [0.3, 0.4) is 0 Å². The molecule has 0 heterocycles. The quantitative estimate of drug-likeness (QED) is 0.522. The summed E-state index contributed by atoms with van der Waals surface area (Å²) in [6.45, 7) is 9.22. The second-order valence-corrected chi connectivity index (χ2v) is 5.69. The summed E-state index contributed by atoms with van der Waals surface area (Å²) < 4.78 is 15.9. The molecule has 1 atom stereocenters. The van der Waals surface area contributed by atoms with Crippen LogP contribution in [-0.2, 0) is 14.2 Å². The molecule has 1 fully saturated rings. The average molecular weight is 273 g/mol. The predicted molar refractivity (Wildman–Crippen MR) is 77.5 cm³/mol. The number of hydrogen-bond acceptors (Lipinski definition) is 4. The van der Waals surface area contributed by atoms with Gasteiger partial charge >= 0.3 is 0 Å². The SMILES string of the molecule is COCCOCCOCCC(CNC1CC1)C(C)C. The van der Waals surface area contributed by atoms with Crippen LogP contribution in [0, 0.1) is 11.8 Å². The van der Waals surface area contributed by atoms with E-state index in [2.05, 4.69) is 19.2 Å². The molecule has 0 saturated heterocycles. The topological polar surface area (TPSA) is 39.7 Å². The molecule has 0 aromatic carbocycles. The molecular formula is C15H31NO3. The van der Waals surface area contributed by atoms with Gasteiger partial charge in [-0.2, -0.15) is 0 Å². The Labute approximate surface area is 118 Å². The monoisotopic (exact) mass is 273 g/mol. The Hall–Kier alpha value is -0.160. The Morgan fingerprint density at radius 1 is 1.00 bits per heavy atom. The van der Waals surface area contributed by atoms with Gasteiger partial charge in [0.25, 0.3) is 0 Å². The highest BCUT2D eigenvalue weighted by atomic mass is 16.5. The normalized spacial score (nSPS) is 17.1. The van der Waals surface area contributed by atoms with Crippen LogP contribution in [0.4, 0.5) is 0 Å². The van der Waals surface area contributed by atoms with Crippen molar-refractivity contribution in [2.24, 2.45) is 11.8 Å². The Balaban J connectivity index is 1.91. The second kappa shape index (κ2) is 10.6. The molecule has 1 unspecified atom stereocenters. The largest absolute Gasteiger partial charge is 0.382 e. The highest BCUT2D eigenvalue weighted by molar-refractivity contribution is 4.82. The van der Waals surface area contributed by atoms with Crippen LogP contribution < -0.4 is 5.32 Å². The van der Waals surface area contributed by atoms with Gasteiger partial charge in [-0.15, -0.1) is 0 Å². The van der Waals surface area contributed by atoms with Gasteiger partial charge in [0.15, 0.2) is 0 Å². The molecule has 1 N–H and O–H groups in total. The number of ether oxygens (including phenoxy) is 3. The van der Waals surface area contributed by atoms with E-state index in [0.29, 0.717) is 32.3 Å². The minimum atomic E-state index is 0.653. The van der Waals surface area contributed by atoms with Gasteiger partial charge in [-0.1, -0.05) is 13.8 Å². The summed E-state index contributed by atoms with van der Waals surface area (Å²) in [5.41, 5.74) is 0. The van der Waals surface area contributed by atoms with Crippen molar-refractivity contribution in [1.29, 1.82) is 0 Å². The molecule has 0 aliphatic heterocycles. The van der Waals surface area contributed by atoms with E-state index >= 15 is 0 Å². The third-order valence-electron chi connectivity index (χ3n) is 3.63. The molecule has 1 saturated carbocycles. The van der Waals surface area contributed by atoms with Gasteiger partial charge < -0.3 is 19.5 Å². The van der Waals surface area contributed by atoms with Gasteiger partial charge in [0.2, 0.25) is 0 Å². The first-order valence-corrected chi connectivity index (χ1v) is 7.61. The molecule has 1 aliphatic carbocycles. The fraction of sp³-hybridized carbons (Fsp3) is 1.00. The highest BCUT2D eigenvalue weighted by Gasteiger charge is 2.22. The van der Waals surface area contributed by atoms with Gasteiger partial charge in [0.05, 0.1) is 26.4 Å². The fourth-order valence-corrected chi connectivity index (χ4v) is 1.98. The van der Waals surface area contributed by atoms with E-state index in [9.17, 15) is 0 Å². The third-order valence-corrected chi connectivity index (χ3v) is 3.63. The first-order valence-electron chi connectivity index (χ1n) is 7.61. The molecule has 0 radical (unpaired) electrons.